The van der Waals surface area contributed by atoms with Crippen molar-refractivity contribution in [2.24, 2.45) is 0 Å². The minimum absolute atomic E-state index is 0.0528. The van der Waals surface area contributed by atoms with Gasteiger partial charge in [0.2, 0.25) is 0 Å². The van der Waals surface area contributed by atoms with Crippen LogP contribution >= 0.6 is 0 Å². The summed E-state index contributed by atoms with van der Waals surface area (Å²) in [5, 5.41) is 0. The van der Waals surface area contributed by atoms with Crippen LogP contribution in [0.4, 0.5) is 0 Å². The molecule has 0 saturated carbocycles. The van der Waals surface area contributed by atoms with E-state index in [1.807, 2.05) is 20.8 Å². The van der Waals surface area contributed by atoms with Crippen LogP contribution in [-0.2, 0) is 19.0 Å². The minimum Gasteiger partial charge on any atom is -0.460 e. The second-order valence-electron chi connectivity index (χ2n) is 7.79. The Morgan fingerprint density at radius 1 is 1.10 bits per heavy atom. The van der Waals surface area contributed by atoms with E-state index in [9.17, 15) is 4.79 Å². The lowest BCUT2D eigenvalue weighted by Crippen LogP contribution is -2.24. The normalized spacial score (nSPS) is 34.7. The molecule has 3 atom stereocenters. The topological polar surface area (TPSA) is 51.4 Å². The zero-order chi connectivity index (χ0) is 15.2. The molecule has 2 aliphatic heterocycles. The Labute approximate surface area is 122 Å². The summed E-state index contributed by atoms with van der Waals surface area (Å²) in [6.07, 6.45) is 3.78. The Hall–Kier alpha value is -0.610. The van der Waals surface area contributed by atoms with Crippen LogP contribution in [0.25, 0.3) is 0 Å². The molecule has 0 radical (unpaired) electrons. The highest BCUT2D eigenvalue weighted by Crippen LogP contribution is 2.47. The first kappa shape index (κ1) is 15.8. The molecule has 0 aromatic heterocycles. The first-order valence-corrected chi connectivity index (χ1v) is 7.59. The molecule has 0 amide bonds. The molecule has 2 fully saturated rings. The molecular formula is C16H28O4. The van der Waals surface area contributed by atoms with E-state index in [2.05, 4.69) is 20.8 Å². The lowest BCUT2D eigenvalue weighted by Gasteiger charge is -2.19. The van der Waals surface area contributed by atoms with E-state index in [4.69, 9.17) is 14.2 Å². The Kier molecular flexibility index (Phi) is 3.93. The van der Waals surface area contributed by atoms with Gasteiger partial charge in [-0.05, 0) is 60.8 Å². The van der Waals surface area contributed by atoms with Crippen LogP contribution in [0, 0.1) is 0 Å². The molecule has 0 N–H and O–H groups in total. The van der Waals surface area contributed by atoms with Crippen molar-refractivity contribution in [3.63, 3.8) is 0 Å². The SMILES string of the molecule is CC(C)(C)OC(=O)CC[C@H]1O[C@]1(C)CC[C@H]1OC1(C)C. The minimum atomic E-state index is -0.403. The Bertz CT molecular complexity index is 382. The van der Waals surface area contributed by atoms with Crippen molar-refractivity contribution in [2.75, 3.05) is 0 Å². The second kappa shape index (κ2) is 4.99. The number of carbonyl (C=O) groups excluding carboxylic acids is 1. The van der Waals surface area contributed by atoms with Crippen molar-refractivity contribution in [3.05, 3.63) is 0 Å². The van der Waals surface area contributed by atoms with Crippen LogP contribution in [0.1, 0.15) is 67.2 Å². The number of hydrogen-bond donors (Lipinski definition) is 0. The summed E-state index contributed by atoms with van der Waals surface area (Å²) < 4.78 is 16.7. The number of esters is 1. The molecule has 2 saturated heterocycles. The third kappa shape index (κ3) is 4.19. The summed E-state index contributed by atoms with van der Waals surface area (Å²) in [6.45, 7) is 12.0. The average molecular weight is 284 g/mol. The predicted octanol–water partition coefficient (Wildman–Crippen LogP) is 3.22. The highest BCUT2D eigenvalue weighted by molar-refractivity contribution is 5.69. The van der Waals surface area contributed by atoms with Gasteiger partial charge in [-0.1, -0.05) is 0 Å². The van der Waals surface area contributed by atoms with Crippen LogP contribution in [0.15, 0.2) is 0 Å². The zero-order valence-corrected chi connectivity index (χ0v) is 13.6. The summed E-state index contributed by atoms with van der Waals surface area (Å²) in [6, 6.07) is 0. The van der Waals surface area contributed by atoms with E-state index >= 15 is 0 Å². The van der Waals surface area contributed by atoms with E-state index in [0.717, 1.165) is 19.3 Å². The molecular weight excluding hydrogens is 256 g/mol. The predicted molar refractivity (Wildman–Crippen MR) is 76.5 cm³/mol. The monoisotopic (exact) mass is 284 g/mol. The van der Waals surface area contributed by atoms with Crippen molar-refractivity contribution < 1.29 is 19.0 Å². The lowest BCUT2D eigenvalue weighted by molar-refractivity contribution is -0.155. The largest absolute Gasteiger partial charge is 0.460 e. The van der Waals surface area contributed by atoms with Crippen molar-refractivity contribution in [1.29, 1.82) is 0 Å². The third-order valence-corrected chi connectivity index (χ3v) is 4.13. The number of ether oxygens (including phenoxy) is 3. The molecule has 20 heavy (non-hydrogen) atoms. The Morgan fingerprint density at radius 3 is 2.20 bits per heavy atom. The number of hydrogen-bond acceptors (Lipinski definition) is 4. The van der Waals surface area contributed by atoms with Gasteiger partial charge in [-0.15, -0.1) is 0 Å². The molecule has 0 unspecified atom stereocenters. The van der Waals surface area contributed by atoms with Crippen LogP contribution in [-0.4, -0.2) is 35.0 Å². The molecule has 4 nitrogen and oxygen atoms in total. The summed E-state index contributed by atoms with van der Waals surface area (Å²) in [5.41, 5.74) is -0.416. The maximum atomic E-state index is 11.7. The van der Waals surface area contributed by atoms with E-state index in [0.29, 0.717) is 12.5 Å². The average Bonchev–Trinajstić information content (AvgIpc) is 3.08. The summed E-state index contributed by atoms with van der Waals surface area (Å²) >= 11 is 0. The molecule has 4 heteroatoms. The van der Waals surface area contributed by atoms with Gasteiger partial charge in [0.1, 0.15) is 5.60 Å². The molecule has 116 valence electrons. The van der Waals surface area contributed by atoms with Gasteiger partial charge in [0, 0.05) is 6.42 Å². The van der Waals surface area contributed by atoms with Crippen LogP contribution in [0.2, 0.25) is 0 Å². The van der Waals surface area contributed by atoms with Gasteiger partial charge in [0.05, 0.1) is 23.4 Å². The first-order chi connectivity index (χ1) is 9.02. The highest BCUT2D eigenvalue weighted by atomic mass is 16.6. The van der Waals surface area contributed by atoms with Crippen molar-refractivity contribution in [3.8, 4) is 0 Å². The second-order valence-corrected chi connectivity index (χ2v) is 7.79. The summed E-state index contributed by atoms with van der Waals surface area (Å²) in [4.78, 5) is 11.7. The molecule has 2 rings (SSSR count). The van der Waals surface area contributed by atoms with Gasteiger partial charge in [-0.3, -0.25) is 4.79 Å². The number of epoxide rings is 2. The molecule has 0 aromatic rings. The molecule has 2 aliphatic rings. The van der Waals surface area contributed by atoms with Gasteiger partial charge >= 0.3 is 5.97 Å². The van der Waals surface area contributed by atoms with E-state index in [-0.39, 0.29) is 23.3 Å². The maximum absolute atomic E-state index is 11.7. The fourth-order valence-corrected chi connectivity index (χ4v) is 2.67. The fourth-order valence-electron chi connectivity index (χ4n) is 2.67. The molecule has 0 aliphatic carbocycles. The number of rotatable bonds is 6. The molecule has 0 spiro atoms. The number of carbonyl (C=O) groups is 1. The van der Waals surface area contributed by atoms with Gasteiger partial charge in [-0.25, -0.2) is 0 Å². The zero-order valence-electron chi connectivity index (χ0n) is 13.6. The standard InChI is InChI=1S/C16H28O4/c1-14(2,3)20-13(17)8-7-12-16(6,19-12)10-9-11-15(4,5)18-11/h11-12H,7-10H2,1-6H3/t11-,12-,16-/m1/s1. The van der Waals surface area contributed by atoms with Gasteiger partial charge < -0.3 is 14.2 Å². The fraction of sp³-hybridized carbons (Fsp3) is 0.938. The first-order valence-electron chi connectivity index (χ1n) is 7.59. The van der Waals surface area contributed by atoms with Gasteiger partial charge in [0.25, 0.3) is 0 Å². The third-order valence-electron chi connectivity index (χ3n) is 4.13. The maximum Gasteiger partial charge on any atom is 0.306 e. The lowest BCUT2D eigenvalue weighted by atomic mass is 9.95. The summed E-state index contributed by atoms with van der Waals surface area (Å²) in [5.74, 6) is -0.137. The molecule has 2 heterocycles. The van der Waals surface area contributed by atoms with Gasteiger partial charge in [-0.2, -0.15) is 0 Å². The van der Waals surface area contributed by atoms with E-state index in [1.54, 1.807) is 0 Å². The molecule has 0 aromatic carbocycles. The van der Waals surface area contributed by atoms with E-state index < -0.39 is 5.60 Å². The van der Waals surface area contributed by atoms with Crippen molar-refractivity contribution in [2.45, 2.75) is 96.2 Å². The quantitative estimate of drug-likeness (QED) is 0.555. The smallest absolute Gasteiger partial charge is 0.306 e. The van der Waals surface area contributed by atoms with Crippen LogP contribution in [0.5, 0.6) is 0 Å². The Morgan fingerprint density at radius 2 is 1.70 bits per heavy atom. The van der Waals surface area contributed by atoms with Crippen LogP contribution < -0.4 is 0 Å². The van der Waals surface area contributed by atoms with Crippen LogP contribution in [0.3, 0.4) is 0 Å². The van der Waals surface area contributed by atoms with Gasteiger partial charge in [0.15, 0.2) is 0 Å². The van der Waals surface area contributed by atoms with Crippen molar-refractivity contribution >= 4 is 5.97 Å². The van der Waals surface area contributed by atoms with Crippen molar-refractivity contribution in [1.82, 2.24) is 0 Å². The van der Waals surface area contributed by atoms with E-state index in [1.165, 1.54) is 0 Å². The highest BCUT2D eigenvalue weighted by Gasteiger charge is 2.54. The summed E-state index contributed by atoms with van der Waals surface area (Å²) in [7, 11) is 0. The molecule has 0 bridgehead atoms. The Balaban J connectivity index is 1.63.